The first kappa shape index (κ1) is 22.1. The topological polar surface area (TPSA) is 117 Å². The molecule has 0 spiro atoms. The first-order valence-corrected chi connectivity index (χ1v) is 10.5. The number of ether oxygens (including phenoxy) is 1. The summed E-state index contributed by atoms with van der Waals surface area (Å²) < 4.78 is 8.24. The molecule has 0 aliphatic carbocycles. The minimum absolute atomic E-state index is 0.140. The molecule has 4 aromatic rings. The lowest BCUT2D eigenvalue weighted by molar-refractivity contribution is 0.480. The van der Waals surface area contributed by atoms with Gasteiger partial charge in [0.25, 0.3) is 0 Å². The number of pyridine rings is 1. The molecule has 0 bridgehead atoms. The van der Waals surface area contributed by atoms with Gasteiger partial charge in [-0.1, -0.05) is 23.7 Å². The van der Waals surface area contributed by atoms with E-state index >= 15 is 0 Å². The van der Waals surface area contributed by atoms with Gasteiger partial charge in [0.2, 0.25) is 5.95 Å². The van der Waals surface area contributed by atoms with Gasteiger partial charge in [0, 0.05) is 17.3 Å². The summed E-state index contributed by atoms with van der Waals surface area (Å²) in [4.78, 5) is 33.4. The van der Waals surface area contributed by atoms with Gasteiger partial charge in [0.05, 0.1) is 12.7 Å². The highest BCUT2D eigenvalue weighted by atomic mass is 35.5. The van der Waals surface area contributed by atoms with E-state index in [2.05, 4.69) is 15.3 Å². The zero-order valence-electron chi connectivity index (χ0n) is 17.7. The van der Waals surface area contributed by atoms with E-state index in [1.54, 1.807) is 55.5 Å². The molecule has 0 aliphatic heterocycles. The lowest BCUT2D eigenvalue weighted by Crippen LogP contribution is -2.42. The average molecular weight is 465 g/mol. The summed E-state index contributed by atoms with van der Waals surface area (Å²) in [5.41, 5.74) is 5.98. The van der Waals surface area contributed by atoms with Crippen LogP contribution in [0.15, 0.2) is 76.4 Å². The van der Waals surface area contributed by atoms with E-state index in [-0.39, 0.29) is 19.0 Å². The number of benzene rings is 2. The van der Waals surface area contributed by atoms with E-state index in [9.17, 15) is 9.59 Å². The summed E-state index contributed by atoms with van der Waals surface area (Å²) in [6.45, 7) is 2.16. The number of halogens is 1. The van der Waals surface area contributed by atoms with Crippen molar-refractivity contribution in [1.29, 1.82) is 0 Å². The first-order valence-electron chi connectivity index (χ1n) is 10.2. The number of rotatable bonds is 7. The monoisotopic (exact) mass is 464 g/mol. The standard InChI is InChI=1S/C23H21ClN6O3/c1-2-29-22(31)28-21(30(23(29)32)14-15-3-5-16(24)6-4-15)27-17-7-9-18(10-8-17)33-19-11-12-20(25)26-13-19/h3-13H,2,14H2,1H3,(H2,25,26)(H,27,28,31). The Balaban J connectivity index is 1.61. The third-order valence-electron chi connectivity index (χ3n) is 4.83. The van der Waals surface area contributed by atoms with Crippen LogP contribution in [0.5, 0.6) is 11.5 Å². The van der Waals surface area contributed by atoms with Gasteiger partial charge in [-0.25, -0.2) is 19.1 Å². The van der Waals surface area contributed by atoms with Crippen molar-refractivity contribution in [3.8, 4) is 11.5 Å². The second kappa shape index (κ2) is 9.58. The van der Waals surface area contributed by atoms with Crippen LogP contribution in [0, 0.1) is 0 Å². The molecule has 0 unspecified atom stereocenters. The molecule has 9 nitrogen and oxygen atoms in total. The number of nitrogens with one attached hydrogen (secondary N) is 1. The SMILES string of the molecule is CCn1c(=O)nc(Nc2ccc(Oc3ccc(N)nc3)cc2)n(Cc2ccc(Cl)cc2)c1=O. The maximum atomic E-state index is 13.0. The highest BCUT2D eigenvalue weighted by molar-refractivity contribution is 6.30. The van der Waals surface area contributed by atoms with E-state index in [0.29, 0.717) is 28.0 Å². The maximum Gasteiger partial charge on any atom is 0.354 e. The van der Waals surface area contributed by atoms with Crippen molar-refractivity contribution in [2.45, 2.75) is 20.0 Å². The van der Waals surface area contributed by atoms with Gasteiger partial charge in [-0.2, -0.15) is 4.98 Å². The van der Waals surface area contributed by atoms with Crippen LogP contribution in [-0.4, -0.2) is 19.1 Å². The Kier molecular flexibility index (Phi) is 6.41. The fraction of sp³-hybridized carbons (Fsp3) is 0.130. The molecule has 0 atom stereocenters. The number of anilines is 3. The summed E-state index contributed by atoms with van der Waals surface area (Å²) in [6.07, 6.45) is 1.53. The zero-order valence-corrected chi connectivity index (χ0v) is 18.5. The van der Waals surface area contributed by atoms with Crippen LogP contribution in [0.2, 0.25) is 5.02 Å². The molecular weight excluding hydrogens is 444 g/mol. The summed E-state index contributed by atoms with van der Waals surface area (Å²) in [7, 11) is 0. The number of aromatic nitrogens is 4. The Hall–Kier alpha value is -4.11. The molecule has 0 fully saturated rings. The van der Waals surface area contributed by atoms with Crippen molar-refractivity contribution in [3.63, 3.8) is 0 Å². The van der Waals surface area contributed by atoms with Gasteiger partial charge in [-0.15, -0.1) is 0 Å². The molecule has 0 radical (unpaired) electrons. The fourth-order valence-corrected chi connectivity index (χ4v) is 3.26. The van der Waals surface area contributed by atoms with Crippen LogP contribution >= 0.6 is 11.6 Å². The highest BCUT2D eigenvalue weighted by Gasteiger charge is 2.13. The Bertz CT molecular complexity index is 1360. The smallest absolute Gasteiger partial charge is 0.354 e. The Morgan fingerprint density at radius 1 is 0.970 bits per heavy atom. The van der Waals surface area contributed by atoms with Crippen LogP contribution in [0.1, 0.15) is 12.5 Å². The zero-order chi connectivity index (χ0) is 23.4. The van der Waals surface area contributed by atoms with Crippen molar-refractivity contribution in [2.75, 3.05) is 11.1 Å². The second-order valence-corrected chi connectivity index (χ2v) is 7.56. The van der Waals surface area contributed by atoms with Gasteiger partial charge in [0.15, 0.2) is 0 Å². The molecule has 4 rings (SSSR count). The largest absolute Gasteiger partial charge is 0.456 e. The number of hydrogen-bond acceptors (Lipinski definition) is 7. The minimum Gasteiger partial charge on any atom is -0.456 e. The normalized spacial score (nSPS) is 10.7. The van der Waals surface area contributed by atoms with Crippen molar-refractivity contribution in [1.82, 2.24) is 19.1 Å². The molecule has 0 saturated heterocycles. The lowest BCUT2D eigenvalue weighted by atomic mass is 10.2. The molecule has 0 aliphatic rings. The van der Waals surface area contributed by atoms with Crippen LogP contribution in [0.4, 0.5) is 17.5 Å². The predicted molar refractivity (Wildman–Crippen MR) is 127 cm³/mol. The second-order valence-electron chi connectivity index (χ2n) is 7.13. The number of nitrogens with two attached hydrogens (primary N) is 1. The minimum atomic E-state index is -0.617. The predicted octanol–water partition coefficient (Wildman–Crippen LogP) is 3.64. The third-order valence-corrected chi connectivity index (χ3v) is 5.08. The quantitative estimate of drug-likeness (QED) is 0.428. The van der Waals surface area contributed by atoms with E-state index in [4.69, 9.17) is 22.1 Å². The van der Waals surface area contributed by atoms with Gasteiger partial charge in [-0.05, 0) is 61.0 Å². The molecule has 0 saturated carbocycles. The lowest BCUT2D eigenvalue weighted by Gasteiger charge is -2.15. The summed E-state index contributed by atoms with van der Waals surface area (Å²) >= 11 is 5.97. The molecule has 2 heterocycles. The van der Waals surface area contributed by atoms with Crippen molar-refractivity contribution in [3.05, 3.63) is 98.4 Å². The summed E-state index contributed by atoms with van der Waals surface area (Å²) in [5, 5.41) is 3.66. The van der Waals surface area contributed by atoms with Gasteiger partial charge in [0.1, 0.15) is 17.3 Å². The Morgan fingerprint density at radius 2 is 1.67 bits per heavy atom. The van der Waals surface area contributed by atoms with Crippen LogP contribution in [-0.2, 0) is 13.1 Å². The molecule has 0 amide bonds. The maximum absolute atomic E-state index is 13.0. The number of nitrogens with zero attached hydrogens (tertiary/aromatic N) is 4. The van der Waals surface area contributed by atoms with Gasteiger partial charge in [-0.3, -0.25) is 4.57 Å². The van der Waals surface area contributed by atoms with Crippen molar-refractivity contribution in [2.24, 2.45) is 0 Å². The number of hydrogen-bond donors (Lipinski definition) is 2. The molecule has 2 aromatic heterocycles. The fourth-order valence-electron chi connectivity index (χ4n) is 3.13. The summed E-state index contributed by atoms with van der Waals surface area (Å²) in [5.74, 6) is 1.68. The Labute approximate surface area is 194 Å². The van der Waals surface area contributed by atoms with Crippen molar-refractivity contribution >= 4 is 29.1 Å². The highest BCUT2D eigenvalue weighted by Crippen LogP contribution is 2.24. The molecule has 10 heteroatoms. The van der Waals surface area contributed by atoms with Crippen LogP contribution in [0.3, 0.4) is 0 Å². The summed E-state index contributed by atoms with van der Waals surface area (Å²) in [6, 6.07) is 17.5. The van der Waals surface area contributed by atoms with E-state index in [1.165, 1.54) is 10.8 Å². The van der Waals surface area contributed by atoms with E-state index in [0.717, 1.165) is 10.1 Å². The first-order chi connectivity index (χ1) is 15.9. The van der Waals surface area contributed by atoms with Gasteiger partial charge < -0.3 is 15.8 Å². The van der Waals surface area contributed by atoms with E-state index in [1.807, 2.05) is 12.1 Å². The molecule has 33 heavy (non-hydrogen) atoms. The van der Waals surface area contributed by atoms with Crippen molar-refractivity contribution < 1.29 is 4.74 Å². The van der Waals surface area contributed by atoms with Crippen LogP contribution < -0.4 is 27.2 Å². The average Bonchev–Trinajstić information content (AvgIpc) is 2.81. The molecule has 3 N–H and O–H groups in total. The van der Waals surface area contributed by atoms with E-state index < -0.39 is 11.4 Å². The number of nitrogen functional groups attached to an aromatic ring is 1. The third kappa shape index (κ3) is 5.21. The molecule has 168 valence electrons. The molecule has 2 aromatic carbocycles. The Morgan fingerprint density at radius 3 is 2.30 bits per heavy atom. The van der Waals surface area contributed by atoms with Crippen LogP contribution in [0.25, 0.3) is 0 Å². The van der Waals surface area contributed by atoms with Gasteiger partial charge >= 0.3 is 11.4 Å². The molecular formula is C23H21ClN6O3.